The molecule has 0 aliphatic carbocycles. The lowest BCUT2D eigenvalue weighted by atomic mass is 9.74. The van der Waals surface area contributed by atoms with Gasteiger partial charge in [0.15, 0.2) is 10.8 Å². The molecule has 0 saturated carbocycles. The Labute approximate surface area is 217 Å². The normalized spacial score (nSPS) is 16.8. The maximum atomic E-state index is 13.7. The molecule has 0 amide bonds. The van der Waals surface area contributed by atoms with Crippen LogP contribution in [0.3, 0.4) is 0 Å². The summed E-state index contributed by atoms with van der Waals surface area (Å²) in [6, 6.07) is 15.0. The molecule has 1 saturated heterocycles. The maximum absolute atomic E-state index is 13.7. The molecule has 5 rings (SSSR count). The molecule has 0 bridgehead atoms. The van der Waals surface area contributed by atoms with Crippen molar-refractivity contribution in [2.75, 3.05) is 30.0 Å². The molecule has 0 spiro atoms. The smallest absolute Gasteiger partial charge is 0.381 e. The lowest BCUT2D eigenvalue weighted by Crippen LogP contribution is -2.45. The lowest BCUT2D eigenvalue weighted by molar-refractivity contribution is -0.141. The van der Waals surface area contributed by atoms with Crippen LogP contribution in [0.4, 0.5) is 29.3 Å². The van der Waals surface area contributed by atoms with Crippen LogP contribution >= 0.6 is 12.2 Å². The van der Waals surface area contributed by atoms with Crippen molar-refractivity contribution >= 4 is 29.1 Å². The minimum Gasteiger partial charge on any atom is -0.381 e. The number of ether oxygens (including phenoxy) is 1. The lowest BCUT2D eigenvalue weighted by Gasteiger charge is -2.38. The van der Waals surface area contributed by atoms with E-state index < -0.39 is 11.9 Å². The fraction of sp³-hybridized carbons (Fsp3) is 0.346. The summed E-state index contributed by atoms with van der Waals surface area (Å²) in [6.07, 6.45) is -3.27. The highest BCUT2D eigenvalue weighted by Gasteiger charge is 2.36. The van der Waals surface area contributed by atoms with Gasteiger partial charge in [0.25, 0.3) is 0 Å². The van der Waals surface area contributed by atoms with Crippen molar-refractivity contribution in [2.45, 2.75) is 37.5 Å². The quantitative estimate of drug-likeness (QED) is 0.347. The minimum absolute atomic E-state index is 0.1000. The van der Waals surface area contributed by atoms with Crippen LogP contribution in [0.5, 0.6) is 0 Å². The third-order valence-corrected chi connectivity index (χ3v) is 7.13. The van der Waals surface area contributed by atoms with Crippen molar-refractivity contribution in [3.05, 3.63) is 82.8 Å². The van der Waals surface area contributed by atoms with Crippen molar-refractivity contribution in [2.24, 2.45) is 0 Å². The molecule has 3 aromatic rings. The first-order chi connectivity index (χ1) is 17.7. The van der Waals surface area contributed by atoms with Gasteiger partial charge in [0.05, 0.1) is 0 Å². The van der Waals surface area contributed by atoms with Gasteiger partial charge in [0.1, 0.15) is 11.6 Å². The third-order valence-electron chi connectivity index (χ3n) is 6.89. The number of benzene rings is 2. The Morgan fingerprint density at radius 1 is 1.00 bits per heavy atom. The van der Waals surface area contributed by atoms with Gasteiger partial charge in [-0.3, -0.25) is 0 Å². The number of rotatable bonds is 5. The molecule has 0 atom stereocenters. The van der Waals surface area contributed by atoms with E-state index in [2.05, 4.69) is 20.6 Å². The van der Waals surface area contributed by atoms with E-state index in [1.165, 1.54) is 12.1 Å². The van der Waals surface area contributed by atoms with Crippen LogP contribution in [0.25, 0.3) is 0 Å². The zero-order valence-electron chi connectivity index (χ0n) is 19.8. The number of anilines is 2. The minimum atomic E-state index is -4.65. The second-order valence-corrected chi connectivity index (χ2v) is 9.67. The van der Waals surface area contributed by atoms with Crippen LogP contribution in [-0.4, -0.2) is 34.8 Å². The molecule has 0 radical (unpaired) electrons. The molecular weight excluding hydrogens is 506 g/mol. The average Bonchev–Trinajstić information content (AvgIpc) is 3.32. The molecule has 37 heavy (non-hydrogen) atoms. The Balaban J connectivity index is 1.33. The van der Waals surface area contributed by atoms with E-state index in [9.17, 15) is 17.6 Å². The van der Waals surface area contributed by atoms with Crippen LogP contribution in [0.15, 0.2) is 54.6 Å². The Hall–Kier alpha value is -3.31. The topological polar surface area (TPSA) is 62.3 Å². The van der Waals surface area contributed by atoms with Crippen LogP contribution < -0.4 is 15.5 Å². The largest absolute Gasteiger partial charge is 0.433 e. The van der Waals surface area contributed by atoms with Crippen molar-refractivity contribution in [1.82, 2.24) is 15.3 Å². The number of nitrogens with zero attached hydrogens (tertiary/aromatic N) is 3. The Kier molecular flexibility index (Phi) is 7.00. The summed E-state index contributed by atoms with van der Waals surface area (Å²) in [6.45, 7) is 2.37. The van der Waals surface area contributed by atoms with Crippen molar-refractivity contribution < 1.29 is 22.3 Å². The second-order valence-electron chi connectivity index (χ2n) is 9.26. The molecule has 1 fully saturated rings. The van der Waals surface area contributed by atoms with E-state index in [1.807, 2.05) is 24.3 Å². The van der Waals surface area contributed by atoms with E-state index in [-0.39, 0.29) is 28.1 Å². The standard InChI is InChI=1S/C26H25F4N5OS/c27-20-7-5-19(6-8-20)25(9-11-36-12-10-25)16-31-24(37)34-23-32-21(26(28,29)30)13-22(33-23)35-14-17-3-1-2-4-18(17)15-35/h1-8,13H,9-12,14-16H2,(H2,31,32,33,34,37). The molecule has 0 unspecified atom stereocenters. The summed E-state index contributed by atoms with van der Waals surface area (Å²) in [4.78, 5) is 9.80. The van der Waals surface area contributed by atoms with Crippen LogP contribution in [0.2, 0.25) is 0 Å². The highest BCUT2D eigenvalue weighted by Crippen LogP contribution is 2.35. The molecule has 1 aromatic heterocycles. The summed E-state index contributed by atoms with van der Waals surface area (Å²) in [7, 11) is 0. The highest BCUT2D eigenvalue weighted by atomic mass is 32.1. The van der Waals surface area contributed by atoms with E-state index >= 15 is 0 Å². The van der Waals surface area contributed by atoms with Gasteiger partial charge in [-0.05, 0) is 53.9 Å². The SMILES string of the molecule is Fc1ccc(C2(CNC(=S)Nc3nc(N4Cc5ccccc5C4)cc(C(F)(F)F)n3)CCOCC2)cc1. The Morgan fingerprint density at radius 2 is 1.65 bits per heavy atom. The summed E-state index contributed by atoms with van der Waals surface area (Å²) >= 11 is 5.41. The summed E-state index contributed by atoms with van der Waals surface area (Å²) in [5.41, 5.74) is 1.62. The van der Waals surface area contributed by atoms with Gasteiger partial charge < -0.3 is 20.3 Å². The zero-order chi connectivity index (χ0) is 26.0. The van der Waals surface area contributed by atoms with Gasteiger partial charge in [0.2, 0.25) is 5.95 Å². The van der Waals surface area contributed by atoms with E-state index in [0.717, 1.165) is 22.8 Å². The van der Waals surface area contributed by atoms with Gasteiger partial charge in [0, 0.05) is 44.3 Å². The fourth-order valence-electron chi connectivity index (χ4n) is 4.82. The van der Waals surface area contributed by atoms with E-state index in [0.29, 0.717) is 45.7 Å². The number of nitrogens with one attached hydrogen (secondary N) is 2. The predicted molar refractivity (Wildman–Crippen MR) is 136 cm³/mol. The van der Waals surface area contributed by atoms with Crippen LogP contribution in [-0.2, 0) is 29.4 Å². The van der Waals surface area contributed by atoms with Gasteiger partial charge in [-0.2, -0.15) is 18.2 Å². The molecule has 194 valence electrons. The first-order valence-electron chi connectivity index (χ1n) is 11.9. The summed E-state index contributed by atoms with van der Waals surface area (Å²) < 4.78 is 60.0. The zero-order valence-corrected chi connectivity index (χ0v) is 20.6. The Bertz CT molecular complexity index is 1250. The van der Waals surface area contributed by atoms with Crippen molar-refractivity contribution in [3.63, 3.8) is 0 Å². The molecule has 2 N–H and O–H groups in total. The van der Waals surface area contributed by atoms with Crippen LogP contribution in [0, 0.1) is 5.82 Å². The van der Waals surface area contributed by atoms with Crippen molar-refractivity contribution in [1.29, 1.82) is 0 Å². The third kappa shape index (κ3) is 5.67. The monoisotopic (exact) mass is 531 g/mol. The molecule has 2 aliphatic heterocycles. The van der Waals surface area contributed by atoms with Gasteiger partial charge in [-0.25, -0.2) is 9.37 Å². The molecule has 2 aromatic carbocycles. The predicted octanol–water partition coefficient (Wildman–Crippen LogP) is 5.19. The molecule has 2 aliphatic rings. The van der Waals surface area contributed by atoms with Gasteiger partial charge >= 0.3 is 6.18 Å². The second kappa shape index (κ2) is 10.2. The number of hydrogen-bond donors (Lipinski definition) is 2. The number of fused-ring (bicyclic) bond motifs is 1. The fourth-order valence-corrected chi connectivity index (χ4v) is 4.98. The number of alkyl halides is 3. The summed E-state index contributed by atoms with van der Waals surface area (Å²) in [5.74, 6) is -0.396. The van der Waals surface area contributed by atoms with E-state index in [1.54, 1.807) is 17.0 Å². The maximum Gasteiger partial charge on any atom is 0.433 e. The average molecular weight is 532 g/mol. The number of thiocarbonyl (C=S) groups is 1. The highest BCUT2D eigenvalue weighted by molar-refractivity contribution is 7.80. The van der Waals surface area contributed by atoms with E-state index in [4.69, 9.17) is 17.0 Å². The molecular formula is C26H25F4N5OS. The van der Waals surface area contributed by atoms with Crippen LogP contribution in [0.1, 0.15) is 35.2 Å². The molecule has 6 nitrogen and oxygen atoms in total. The molecule has 11 heteroatoms. The van der Waals surface area contributed by atoms with Crippen molar-refractivity contribution in [3.8, 4) is 0 Å². The first-order valence-corrected chi connectivity index (χ1v) is 12.3. The molecule has 3 heterocycles. The first kappa shape index (κ1) is 25.3. The number of hydrogen-bond acceptors (Lipinski definition) is 5. The number of aromatic nitrogens is 2. The van der Waals surface area contributed by atoms with Gasteiger partial charge in [-0.15, -0.1) is 0 Å². The number of halogens is 4. The van der Waals surface area contributed by atoms with Gasteiger partial charge in [-0.1, -0.05) is 36.4 Å². The summed E-state index contributed by atoms with van der Waals surface area (Å²) in [5, 5.41) is 5.95. The Morgan fingerprint density at radius 3 is 2.27 bits per heavy atom.